The summed E-state index contributed by atoms with van der Waals surface area (Å²) < 4.78 is 0. The molecular formula is C19H23N3O4. The zero-order valence-electron chi connectivity index (χ0n) is 15.1. The van der Waals surface area contributed by atoms with Crippen molar-refractivity contribution >= 4 is 23.1 Å². The highest BCUT2D eigenvalue weighted by molar-refractivity contribution is 6.35. The van der Waals surface area contributed by atoms with Crippen molar-refractivity contribution in [3.05, 3.63) is 45.6 Å². The summed E-state index contributed by atoms with van der Waals surface area (Å²) in [7, 11) is 0. The van der Waals surface area contributed by atoms with Crippen molar-refractivity contribution in [2.75, 3.05) is 19.6 Å². The number of piperidine rings is 1. The number of carbonyl (C=O) groups excluding carboxylic acids is 2. The molecule has 0 bridgehead atoms. The molecule has 26 heavy (non-hydrogen) atoms. The highest BCUT2D eigenvalue weighted by Crippen LogP contribution is 2.34. The standard InChI is InChI=1S/C19H23N3O4/c1-13(2)12-21-18(23)16(14-6-8-15(9-7-14)22(25)26)17(19(21)24)20-10-4-3-5-11-20/h6-9,13H,3-5,10-12H2,1-2H3. The molecule has 7 nitrogen and oxygen atoms in total. The van der Waals surface area contributed by atoms with E-state index in [0.717, 1.165) is 32.4 Å². The molecule has 0 atom stereocenters. The van der Waals surface area contributed by atoms with Gasteiger partial charge in [0.2, 0.25) is 0 Å². The second kappa shape index (κ2) is 7.27. The van der Waals surface area contributed by atoms with Crippen LogP contribution in [0.2, 0.25) is 0 Å². The number of likely N-dealkylation sites (tertiary alicyclic amines) is 1. The number of imide groups is 1. The molecule has 0 N–H and O–H groups in total. The molecule has 1 aromatic carbocycles. The van der Waals surface area contributed by atoms with Crippen molar-refractivity contribution in [3.63, 3.8) is 0 Å². The Kier molecular flexibility index (Phi) is 5.06. The van der Waals surface area contributed by atoms with Gasteiger partial charge in [-0.3, -0.25) is 24.6 Å². The lowest BCUT2D eigenvalue weighted by Gasteiger charge is -2.29. The minimum absolute atomic E-state index is 0.0373. The summed E-state index contributed by atoms with van der Waals surface area (Å²) in [5.74, 6) is -0.390. The van der Waals surface area contributed by atoms with Crippen LogP contribution in [0.5, 0.6) is 0 Å². The van der Waals surface area contributed by atoms with Crippen molar-refractivity contribution in [3.8, 4) is 0 Å². The van der Waals surface area contributed by atoms with Crippen LogP contribution in [0, 0.1) is 16.0 Å². The largest absolute Gasteiger partial charge is 0.366 e. The van der Waals surface area contributed by atoms with E-state index in [4.69, 9.17) is 0 Å². The van der Waals surface area contributed by atoms with E-state index < -0.39 is 4.92 Å². The Morgan fingerprint density at radius 2 is 1.65 bits per heavy atom. The predicted octanol–water partition coefficient (Wildman–Crippen LogP) is 2.82. The van der Waals surface area contributed by atoms with E-state index in [1.165, 1.54) is 17.0 Å². The van der Waals surface area contributed by atoms with Crippen LogP contribution in [0.1, 0.15) is 38.7 Å². The minimum Gasteiger partial charge on any atom is -0.366 e. The zero-order valence-corrected chi connectivity index (χ0v) is 15.1. The van der Waals surface area contributed by atoms with Crippen LogP contribution in [-0.4, -0.2) is 46.2 Å². The van der Waals surface area contributed by atoms with Gasteiger partial charge in [-0.15, -0.1) is 0 Å². The Labute approximate surface area is 152 Å². The number of amides is 2. The van der Waals surface area contributed by atoms with Crippen LogP contribution in [0.3, 0.4) is 0 Å². The van der Waals surface area contributed by atoms with E-state index in [1.807, 2.05) is 18.7 Å². The highest BCUT2D eigenvalue weighted by Gasteiger charge is 2.41. The van der Waals surface area contributed by atoms with Gasteiger partial charge in [0.25, 0.3) is 17.5 Å². The Bertz CT molecular complexity index is 761. The number of carbonyl (C=O) groups is 2. The molecule has 0 unspecified atom stereocenters. The van der Waals surface area contributed by atoms with Gasteiger partial charge in [0.05, 0.1) is 10.5 Å². The Morgan fingerprint density at radius 3 is 2.19 bits per heavy atom. The third-order valence-electron chi connectivity index (χ3n) is 4.73. The lowest BCUT2D eigenvalue weighted by Crippen LogP contribution is -2.38. The van der Waals surface area contributed by atoms with E-state index in [0.29, 0.717) is 23.4 Å². The molecule has 1 aromatic rings. The first-order chi connectivity index (χ1) is 12.4. The van der Waals surface area contributed by atoms with Crippen molar-refractivity contribution < 1.29 is 14.5 Å². The summed E-state index contributed by atoms with van der Waals surface area (Å²) in [6.07, 6.45) is 3.10. The van der Waals surface area contributed by atoms with Crippen LogP contribution in [0.4, 0.5) is 5.69 Å². The topological polar surface area (TPSA) is 83.8 Å². The SMILES string of the molecule is CC(C)CN1C(=O)C(c2ccc([N+](=O)[O-])cc2)=C(N2CCCCC2)C1=O. The van der Waals surface area contributed by atoms with E-state index in [1.54, 1.807) is 12.1 Å². The molecule has 0 aliphatic carbocycles. The summed E-state index contributed by atoms with van der Waals surface area (Å²) in [4.78, 5) is 39.7. The first kappa shape index (κ1) is 18.1. The summed E-state index contributed by atoms with van der Waals surface area (Å²) in [6, 6.07) is 5.86. The maximum absolute atomic E-state index is 13.0. The second-order valence-corrected chi connectivity index (χ2v) is 7.19. The van der Waals surface area contributed by atoms with Gasteiger partial charge < -0.3 is 4.90 Å². The number of non-ortho nitro benzene ring substituents is 1. The fourth-order valence-corrected chi connectivity index (χ4v) is 3.52. The first-order valence-electron chi connectivity index (χ1n) is 9.00. The molecule has 0 aromatic heterocycles. The van der Waals surface area contributed by atoms with Gasteiger partial charge in [0.15, 0.2) is 0 Å². The molecule has 2 aliphatic heterocycles. The normalized spacial score (nSPS) is 18.3. The maximum Gasteiger partial charge on any atom is 0.277 e. The molecule has 138 valence electrons. The Morgan fingerprint density at radius 1 is 1.04 bits per heavy atom. The molecule has 2 heterocycles. The Hall–Kier alpha value is -2.70. The van der Waals surface area contributed by atoms with Crippen LogP contribution < -0.4 is 0 Å². The highest BCUT2D eigenvalue weighted by atomic mass is 16.6. The van der Waals surface area contributed by atoms with Crippen LogP contribution in [0.15, 0.2) is 30.0 Å². The number of rotatable bonds is 5. The van der Waals surface area contributed by atoms with Gasteiger partial charge in [0.1, 0.15) is 5.70 Å². The van der Waals surface area contributed by atoms with Gasteiger partial charge in [-0.1, -0.05) is 13.8 Å². The fraction of sp³-hybridized carbons (Fsp3) is 0.474. The van der Waals surface area contributed by atoms with Gasteiger partial charge in [0, 0.05) is 31.8 Å². The van der Waals surface area contributed by atoms with E-state index >= 15 is 0 Å². The smallest absolute Gasteiger partial charge is 0.277 e. The van der Waals surface area contributed by atoms with Gasteiger partial charge in [-0.2, -0.15) is 0 Å². The summed E-state index contributed by atoms with van der Waals surface area (Å²) in [5, 5.41) is 10.9. The third-order valence-corrected chi connectivity index (χ3v) is 4.73. The zero-order chi connectivity index (χ0) is 18.8. The summed E-state index contributed by atoms with van der Waals surface area (Å²) in [5.41, 5.74) is 1.34. The van der Waals surface area contributed by atoms with Crippen molar-refractivity contribution in [2.24, 2.45) is 5.92 Å². The lowest BCUT2D eigenvalue weighted by atomic mass is 10.0. The molecule has 1 fully saturated rings. The number of nitro benzene ring substituents is 1. The Balaban J connectivity index is 2.04. The minimum atomic E-state index is -0.476. The average molecular weight is 357 g/mol. The number of nitro groups is 1. The second-order valence-electron chi connectivity index (χ2n) is 7.19. The number of nitrogens with zero attached hydrogens (tertiary/aromatic N) is 3. The monoisotopic (exact) mass is 357 g/mol. The molecular weight excluding hydrogens is 334 g/mol. The fourth-order valence-electron chi connectivity index (χ4n) is 3.52. The maximum atomic E-state index is 13.0. The first-order valence-corrected chi connectivity index (χ1v) is 9.00. The van der Waals surface area contributed by atoms with Gasteiger partial charge in [-0.05, 0) is 42.9 Å². The van der Waals surface area contributed by atoms with Crippen molar-refractivity contribution in [1.29, 1.82) is 0 Å². The molecule has 0 spiro atoms. The molecule has 3 rings (SSSR count). The molecule has 7 heteroatoms. The molecule has 2 aliphatic rings. The molecule has 0 radical (unpaired) electrons. The van der Waals surface area contributed by atoms with E-state index in [-0.39, 0.29) is 23.4 Å². The molecule has 1 saturated heterocycles. The average Bonchev–Trinajstić information content (AvgIpc) is 2.87. The van der Waals surface area contributed by atoms with Crippen LogP contribution >= 0.6 is 0 Å². The molecule has 0 saturated carbocycles. The lowest BCUT2D eigenvalue weighted by molar-refractivity contribution is -0.384. The number of hydrogen-bond acceptors (Lipinski definition) is 5. The van der Waals surface area contributed by atoms with E-state index in [2.05, 4.69) is 0 Å². The van der Waals surface area contributed by atoms with Crippen molar-refractivity contribution in [1.82, 2.24) is 9.80 Å². The van der Waals surface area contributed by atoms with Crippen LogP contribution in [0.25, 0.3) is 5.57 Å². The number of hydrogen-bond donors (Lipinski definition) is 0. The predicted molar refractivity (Wildman–Crippen MR) is 97.0 cm³/mol. The third kappa shape index (κ3) is 3.34. The van der Waals surface area contributed by atoms with Crippen LogP contribution in [-0.2, 0) is 9.59 Å². The molecule has 2 amide bonds. The number of benzene rings is 1. The van der Waals surface area contributed by atoms with Crippen molar-refractivity contribution in [2.45, 2.75) is 33.1 Å². The summed E-state index contributed by atoms with van der Waals surface area (Å²) >= 11 is 0. The van der Waals surface area contributed by atoms with Gasteiger partial charge >= 0.3 is 0 Å². The summed E-state index contributed by atoms with van der Waals surface area (Å²) in [6.45, 7) is 5.79. The quantitative estimate of drug-likeness (QED) is 0.460. The van der Waals surface area contributed by atoms with E-state index in [9.17, 15) is 19.7 Å². The van der Waals surface area contributed by atoms with Gasteiger partial charge in [-0.25, -0.2) is 0 Å².